The Morgan fingerprint density at radius 3 is 1.33 bits per heavy atom. The highest BCUT2D eigenvalue weighted by Crippen LogP contribution is 2.48. The van der Waals surface area contributed by atoms with Crippen molar-refractivity contribution in [3.63, 3.8) is 0 Å². The zero-order valence-electron chi connectivity index (χ0n) is 32.3. The Morgan fingerprint density at radius 1 is 0.263 bits per heavy atom. The summed E-state index contributed by atoms with van der Waals surface area (Å²) in [4.78, 5) is 0. The fraction of sp³-hybridized carbons (Fsp3) is 0.0526. The van der Waals surface area contributed by atoms with Gasteiger partial charge in [0.1, 0.15) is 0 Å². The van der Waals surface area contributed by atoms with Crippen molar-refractivity contribution in [2.75, 3.05) is 0 Å². The lowest BCUT2D eigenvalue weighted by Gasteiger charge is -2.21. The smallest absolute Gasteiger partial charge is 0.00199 e. The molecule has 0 aromatic heterocycles. The second-order valence-electron chi connectivity index (χ2n) is 15.4. The molecule has 0 saturated carbocycles. The summed E-state index contributed by atoms with van der Waals surface area (Å²) in [5, 5.41) is 7.52. The van der Waals surface area contributed by atoms with Crippen LogP contribution >= 0.6 is 0 Å². The third-order valence-corrected chi connectivity index (χ3v) is 11.6. The first-order valence-corrected chi connectivity index (χ1v) is 20.0. The van der Waals surface area contributed by atoms with E-state index in [-0.39, 0.29) is 0 Å². The summed E-state index contributed by atoms with van der Waals surface area (Å²) < 4.78 is 0. The number of fused-ring (bicyclic) bond motifs is 3. The maximum absolute atomic E-state index is 2.46. The van der Waals surface area contributed by atoms with Gasteiger partial charge in [-0.05, 0) is 135 Å². The van der Waals surface area contributed by atoms with Crippen molar-refractivity contribution < 1.29 is 0 Å². The lowest BCUT2D eigenvalue weighted by molar-refractivity contribution is 0.867. The zero-order chi connectivity index (χ0) is 38.3. The maximum Gasteiger partial charge on any atom is -0.00199 e. The van der Waals surface area contributed by atoms with Gasteiger partial charge in [0.15, 0.2) is 0 Å². The summed E-state index contributed by atoms with van der Waals surface area (Å²) in [5.74, 6) is 0.440. The molecule has 0 heterocycles. The molecular formula is C57H42. The van der Waals surface area contributed by atoms with E-state index in [0.717, 1.165) is 0 Å². The molecule has 0 radical (unpaired) electrons. The summed E-state index contributed by atoms with van der Waals surface area (Å²) in [6.45, 7) is 4.55. The van der Waals surface area contributed by atoms with Crippen molar-refractivity contribution in [3.8, 4) is 66.8 Å². The summed E-state index contributed by atoms with van der Waals surface area (Å²) in [5.41, 5.74) is 16.0. The molecule has 0 fully saturated rings. The average molecular weight is 727 g/mol. The van der Waals surface area contributed by atoms with E-state index in [2.05, 4.69) is 226 Å². The lowest BCUT2D eigenvalue weighted by Crippen LogP contribution is -1.95. The number of hydrogen-bond acceptors (Lipinski definition) is 0. The molecule has 10 aromatic carbocycles. The number of benzene rings is 10. The van der Waals surface area contributed by atoms with Crippen LogP contribution < -0.4 is 0 Å². The molecule has 0 atom stereocenters. The van der Waals surface area contributed by atoms with Crippen LogP contribution in [0.15, 0.2) is 212 Å². The quantitative estimate of drug-likeness (QED) is 0.143. The highest BCUT2D eigenvalue weighted by atomic mass is 14.2. The van der Waals surface area contributed by atoms with Crippen LogP contribution in [0.4, 0.5) is 0 Å². The highest BCUT2D eigenvalue weighted by Gasteiger charge is 2.21. The first kappa shape index (κ1) is 34.5. The van der Waals surface area contributed by atoms with Gasteiger partial charge in [-0.25, -0.2) is 0 Å². The molecule has 0 aliphatic carbocycles. The molecule has 270 valence electrons. The van der Waals surface area contributed by atoms with Gasteiger partial charge in [-0.3, -0.25) is 0 Å². The molecule has 0 nitrogen and oxygen atoms in total. The van der Waals surface area contributed by atoms with Gasteiger partial charge < -0.3 is 0 Å². The lowest BCUT2D eigenvalue weighted by atomic mass is 9.82. The fourth-order valence-electron chi connectivity index (χ4n) is 8.80. The van der Waals surface area contributed by atoms with E-state index < -0.39 is 0 Å². The maximum atomic E-state index is 2.46. The second kappa shape index (κ2) is 14.6. The first-order valence-electron chi connectivity index (χ1n) is 20.0. The van der Waals surface area contributed by atoms with Crippen molar-refractivity contribution in [1.82, 2.24) is 0 Å². The van der Waals surface area contributed by atoms with Gasteiger partial charge in [-0.2, -0.15) is 0 Å². The minimum absolute atomic E-state index is 0.440. The molecule has 0 bridgehead atoms. The Labute approximate surface area is 335 Å². The summed E-state index contributed by atoms with van der Waals surface area (Å²) in [7, 11) is 0. The van der Waals surface area contributed by atoms with E-state index in [4.69, 9.17) is 0 Å². The van der Waals surface area contributed by atoms with Gasteiger partial charge in [-0.15, -0.1) is 0 Å². The molecule has 57 heavy (non-hydrogen) atoms. The van der Waals surface area contributed by atoms with Gasteiger partial charge in [0.05, 0.1) is 0 Å². The SMILES string of the molecule is CC(C)c1cccc(-c2c3ccccc3c(-c3cc(-c4cc(-c5ccccc5)cc(-c5ccccc5)c4)ccc3-c3cccc4ccccc34)c3ccccc23)c1. The van der Waals surface area contributed by atoms with E-state index in [0.29, 0.717) is 5.92 Å². The van der Waals surface area contributed by atoms with Crippen molar-refractivity contribution in [2.24, 2.45) is 0 Å². The van der Waals surface area contributed by atoms with Gasteiger partial charge in [0, 0.05) is 0 Å². The largest absolute Gasteiger partial charge is 0.0622 e. The van der Waals surface area contributed by atoms with Crippen molar-refractivity contribution >= 4 is 32.3 Å². The van der Waals surface area contributed by atoms with E-state index in [1.165, 1.54) is 105 Å². The van der Waals surface area contributed by atoms with Crippen molar-refractivity contribution in [3.05, 3.63) is 218 Å². The summed E-state index contributed by atoms with van der Waals surface area (Å²) in [6.07, 6.45) is 0. The van der Waals surface area contributed by atoms with Crippen LogP contribution in [0.3, 0.4) is 0 Å². The van der Waals surface area contributed by atoms with Crippen LogP contribution in [0.25, 0.3) is 99.1 Å². The van der Waals surface area contributed by atoms with Crippen molar-refractivity contribution in [1.29, 1.82) is 0 Å². The van der Waals surface area contributed by atoms with Crippen LogP contribution in [-0.4, -0.2) is 0 Å². The summed E-state index contributed by atoms with van der Waals surface area (Å²) >= 11 is 0. The van der Waals surface area contributed by atoms with Gasteiger partial charge in [0.2, 0.25) is 0 Å². The van der Waals surface area contributed by atoms with Crippen LogP contribution in [-0.2, 0) is 0 Å². The predicted molar refractivity (Wildman–Crippen MR) is 246 cm³/mol. The molecule has 0 aliphatic rings. The second-order valence-corrected chi connectivity index (χ2v) is 15.4. The van der Waals surface area contributed by atoms with Crippen LogP contribution in [0, 0.1) is 0 Å². The fourth-order valence-corrected chi connectivity index (χ4v) is 8.80. The van der Waals surface area contributed by atoms with Gasteiger partial charge in [0.25, 0.3) is 0 Å². The van der Waals surface area contributed by atoms with E-state index >= 15 is 0 Å². The Kier molecular flexibility index (Phi) is 8.81. The monoisotopic (exact) mass is 726 g/mol. The molecule has 10 aromatic rings. The molecular weight excluding hydrogens is 685 g/mol. The Bertz CT molecular complexity index is 2960. The molecule has 0 saturated heterocycles. The van der Waals surface area contributed by atoms with Crippen LogP contribution in [0.2, 0.25) is 0 Å². The molecule has 0 spiro atoms. The van der Waals surface area contributed by atoms with Gasteiger partial charge >= 0.3 is 0 Å². The Hall–Kier alpha value is -7.02. The molecule has 0 N–H and O–H groups in total. The molecule has 0 heteroatoms. The molecule has 0 aliphatic heterocycles. The van der Waals surface area contributed by atoms with Gasteiger partial charge in [-0.1, -0.05) is 202 Å². The topological polar surface area (TPSA) is 0 Å². The van der Waals surface area contributed by atoms with Crippen LogP contribution in [0.5, 0.6) is 0 Å². The zero-order valence-corrected chi connectivity index (χ0v) is 32.3. The Morgan fingerprint density at radius 2 is 0.737 bits per heavy atom. The minimum atomic E-state index is 0.440. The van der Waals surface area contributed by atoms with E-state index in [1.54, 1.807) is 0 Å². The standard InChI is InChI=1S/C57H42/c1-38(2)42-23-15-24-44(33-42)56-51-26-11-13-28-53(51)57(54-29-14-12-27-52(54)56)55-37-43(31-32-50(55)49-30-16-22-41-21-9-10-25-48(41)49)47-35-45(39-17-5-3-6-18-39)34-46(36-47)40-19-7-4-8-20-40/h3-38H,1-2H3. The molecule has 0 amide bonds. The minimum Gasteiger partial charge on any atom is -0.0622 e. The van der Waals surface area contributed by atoms with E-state index in [9.17, 15) is 0 Å². The number of rotatable bonds is 7. The van der Waals surface area contributed by atoms with Crippen molar-refractivity contribution in [2.45, 2.75) is 19.8 Å². The first-order chi connectivity index (χ1) is 28.1. The summed E-state index contributed by atoms with van der Waals surface area (Å²) in [6, 6.07) is 78.4. The number of hydrogen-bond donors (Lipinski definition) is 0. The Balaban J connectivity index is 1.30. The normalized spacial score (nSPS) is 11.5. The third kappa shape index (κ3) is 6.30. The average Bonchev–Trinajstić information content (AvgIpc) is 3.28. The molecule has 0 unspecified atom stereocenters. The van der Waals surface area contributed by atoms with E-state index in [1.807, 2.05) is 0 Å². The third-order valence-electron chi connectivity index (χ3n) is 11.6. The highest BCUT2D eigenvalue weighted by molar-refractivity contribution is 6.23. The predicted octanol–water partition coefficient (Wildman–Crippen LogP) is 16.3. The molecule has 10 rings (SSSR count). The van der Waals surface area contributed by atoms with Crippen LogP contribution in [0.1, 0.15) is 25.3 Å².